The molecule has 1 spiro atoms. The zero-order chi connectivity index (χ0) is 21.8. The van der Waals surface area contributed by atoms with Gasteiger partial charge in [-0.3, -0.25) is 9.89 Å². The summed E-state index contributed by atoms with van der Waals surface area (Å²) in [6, 6.07) is 3.53. The van der Waals surface area contributed by atoms with E-state index in [4.69, 9.17) is 27.6 Å². The van der Waals surface area contributed by atoms with Crippen LogP contribution in [0.1, 0.15) is 33.6 Å². The molecule has 162 valence electrons. The smallest absolute Gasteiger partial charge is 0.349 e. The third-order valence-corrected chi connectivity index (χ3v) is 6.66. The average molecular weight is 469 g/mol. The first-order valence-electron chi connectivity index (χ1n) is 9.46. The number of hydrogen-bond donors (Lipinski definition) is 2. The standard InChI is InChI=1S/C19H16Cl2F2N6O2/c20-13-2-1-11(3-14(13)21)19(22,23)17-28-27-15(31-17)12-6-29(9-18(12)7-24-8-18)16(30)10-4-25-26-5-10/h1-5,12,24H,6-9H2,(H,25,26). The third kappa shape index (κ3) is 3.29. The van der Waals surface area contributed by atoms with E-state index in [-0.39, 0.29) is 39.7 Å². The maximum absolute atomic E-state index is 15.0. The first kappa shape index (κ1) is 20.3. The van der Waals surface area contributed by atoms with Crippen LogP contribution in [0.3, 0.4) is 0 Å². The number of alkyl halides is 2. The van der Waals surface area contributed by atoms with Gasteiger partial charge in [-0.2, -0.15) is 13.9 Å². The number of amides is 1. The van der Waals surface area contributed by atoms with E-state index in [0.29, 0.717) is 25.2 Å². The lowest BCUT2D eigenvalue weighted by molar-refractivity contribution is 0.0106. The van der Waals surface area contributed by atoms with Crippen LogP contribution in [0.5, 0.6) is 0 Å². The van der Waals surface area contributed by atoms with Crippen LogP contribution < -0.4 is 5.32 Å². The number of hydrogen-bond acceptors (Lipinski definition) is 6. The molecule has 2 fully saturated rings. The van der Waals surface area contributed by atoms with Crippen LogP contribution >= 0.6 is 23.2 Å². The van der Waals surface area contributed by atoms with Crippen LogP contribution in [0.2, 0.25) is 10.0 Å². The summed E-state index contributed by atoms with van der Waals surface area (Å²) in [4.78, 5) is 14.4. The normalized spacial score (nSPS) is 20.3. The van der Waals surface area contributed by atoms with Gasteiger partial charge in [-0.1, -0.05) is 29.3 Å². The van der Waals surface area contributed by atoms with Crippen molar-refractivity contribution in [3.05, 3.63) is 63.5 Å². The lowest BCUT2D eigenvalue weighted by Gasteiger charge is -2.42. The summed E-state index contributed by atoms with van der Waals surface area (Å²) in [5, 5.41) is 17.3. The number of aromatic nitrogens is 4. The van der Waals surface area contributed by atoms with Gasteiger partial charge in [0.25, 0.3) is 11.8 Å². The molecule has 0 bridgehead atoms. The molecule has 2 aliphatic heterocycles. The van der Waals surface area contributed by atoms with Gasteiger partial charge in [0.15, 0.2) is 0 Å². The molecular weight excluding hydrogens is 453 g/mol. The number of H-pyrrole nitrogens is 1. The fraction of sp³-hybridized carbons (Fsp3) is 0.368. The summed E-state index contributed by atoms with van der Waals surface area (Å²) in [5.41, 5.74) is -0.317. The van der Waals surface area contributed by atoms with Crippen molar-refractivity contribution in [2.45, 2.75) is 11.8 Å². The summed E-state index contributed by atoms with van der Waals surface area (Å²) in [6.07, 6.45) is 2.97. The van der Waals surface area contributed by atoms with Gasteiger partial charge in [-0.25, -0.2) is 0 Å². The van der Waals surface area contributed by atoms with E-state index in [0.717, 1.165) is 12.1 Å². The second kappa shape index (κ2) is 7.25. The van der Waals surface area contributed by atoms with Gasteiger partial charge in [0, 0.05) is 43.4 Å². The highest BCUT2D eigenvalue weighted by Crippen LogP contribution is 2.46. The minimum absolute atomic E-state index is 0.00210. The molecule has 0 saturated carbocycles. The quantitative estimate of drug-likeness (QED) is 0.610. The number of nitrogens with one attached hydrogen (secondary N) is 2. The number of likely N-dealkylation sites (tertiary alicyclic amines) is 1. The lowest BCUT2D eigenvalue weighted by Crippen LogP contribution is -2.57. The monoisotopic (exact) mass is 468 g/mol. The van der Waals surface area contributed by atoms with E-state index in [9.17, 15) is 13.6 Å². The predicted molar refractivity (Wildman–Crippen MR) is 106 cm³/mol. The SMILES string of the molecule is O=C(c1cn[nH]c1)N1CC(c2nnc(C(F)(F)c3ccc(Cl)c(Cl)c3)o2)C2(CNC2)C1. The summed E-state index contributed by atoms with van der Waals surface area (Å²) in [6.45, 7) is 1.97. The van der Waals surface area contributed by atoms with E-state index < -0.39 is 17.4 Å². The van der Waals surface area contributed by atoms with Gasteiger partial charge in [0.1, 0.15) is 0 Å². The molecular formula is C19H16Cl2F2N6O2. The molecule has 8 nitrogen and oxygen atoms in total. The number of nitrogens with zero attached hydrogens (tertiary/aromatic N) is 4. The minimum Gasteiger partial charge on any atom is -0.419 e. The van der Waals surface area contributed by atoms with Crippen molar-refractivity contribution in [3.63, 3.8) is 0 Å². The number of carbonyl (C=O) groups is 1. The molecule has 1 aromatic carbocycles. The van der Waals surface area contributed by atoms with Crippen LogP contribution in [-0.4, -0.2) is 57.4 Å². The maximum atomic E-state index is 15.0. The highest BCUT2D eigenvalue weighted by atomic mass is 35.5. The Morgan fingerprint density at radius 1 is 1.26 bits per heavy atom. The molecule has 0 radical (unpaired) electrons. The molecule has 12 heteroatoms. The van der Waals surface area contributed by atoms with Crippen LogP contribution in [0, 0.1) is 5.41 Å². The van der Waals surface area contributed by atoms with Gasteiger partial charge in [-0.15, -0.1) is 10.2 Å². The zero-order valence-corrected chi connectivity index (χ0v) is 17.4. The van der Waals surface area contributed by atoms with E-state index >= 15 is 0 Å². The van der Waals surface area contributed by atoms with Crippen LogP contribution in [0.4, 0.5) is 8.78 Å². The molecule has 2 aliphatic rings. The summed E-state index contributed by atoms with van der Waals surface area (Å²) >= 11 is 11.7. The largest absolute Gasteiger partial charge is 0.419 e. The van der Waals surface area contributed by atoms with Crippen molar-refractivity contribution in [2.24, 2.45) is 5.41 Å². The van der Waals surface area contributed by atoms with Gasteiger partial charge >= 0.3 is 5.92 Å². The first-order valence-corrected chi connectivity index (χ1v) is 10.2. The van der Waals surface area contributed by atoms with Gasteiger partial charge < -0.3 is 14.6 Å². The Morgan fingerprint density at radius 3 is 2.71 bits per heavy atom. The van der Waals surface area contributed by atoms with Crippen LogP contribution in [-0.2, 0) is 5.92 Å². The first-order chi connectivity index (χ1) is 14.8. The Labute approximate surface area is 184 Å². The van der Waals surface area contributed by atoms with E-state index in [1.807, 2.05) is 0 Å². The van der Waals surface area contributed by atoms with E-state index in [1.165, 1.54) is 18.5 Å². The minimum atomic E-state index is -3.55. The molecule has 1 atom stereocenters. The molecule has 2 aromatic heterocycles. The molecule has 5 rings (SSSR count). The van der Waals surface area contributed by atoms with Crippen molar-refractivity contribution >= 4 is 29.1 Å². The van der Waals surface area contributed by atoms with Crippen molar-refractivity contribution in [1.29, 1.82) is 0 Å². The average Bonchev–Trinajstić information content (AvgIpc) is 3.47. The fourth-order valence-electron chi connectivity index (χ4n) is 4.14. The number of halogens is 4. The van der Waals surface area contributed by atoms with Crippen LogP contribution in [0.25, 0.3) is 0 Å². The van der Waals surface area contributed by atoms with Crippen molar-refractivity contribution < 1.29 is 18.0 Å². The summed E-state index contributed by atoms with van der Waals surface area (Å²) in [5.74, 6) is -4.85. The number of benzene rings is 1. The van der Waals surface area contributed by atoms with E-state index in [2.05, 4.69) is 25.7 Å². The molecule has 31 heavy (non-hydrogen) atoms. The fourth-order valence-corrected chi connectivity index (χ4v) is 4.43. The maximum Gasteiger partial charge on any atom is 0.349 e. The predicted octanol–water partition coefficient (Wildman–Crippen LogP) is 3.07. The Bertz CT molecular complexity index is 1130. The van der Waals surface area contributed by atoms with Gasteiger partial charge in [-0.05, 0) is 12.1 Å². The number of aromatic amines is 1. The third-order valence-electron chi connectivity index (χ3n) is 5.92. The Hall–Kier alpha value is -2.56. The Kier molecular flexibility index (Phi) is 4.76. The Balaban J connectivity index is 1.43. The highest BCUT2D eigenvalue weighted by Gasteiger charge is 2.55. The van der Waals surface area contributed by atoms with Crippen molar-refractivity contribution in [2.75, 3.05) is 26.2 Å². The molecule has 1 unspecified atom stereocenters. The number of rotatable bonds is 4. The summed E-state index contributed by atoms with van der Waals surface area (Å²) in [7, 11) is 0. The van der Waals surface area contributed by atoms with Crippen molar-refractivity contribution in [1.82, 2.24) is 30.6 Å². The molecule has 4 heterocycles. The summed E-state index contributed by atoms with van der Waals surface area (Å²) < 4.78 is 35.5. The molecule has 3 aromatic rings. The lowest BCUT2D eigenvalue weighted by atomic mass is 9.73. The Morgan fingerprint density at radius 2 is 2.06 bits per heavy atom. The number of carbonyl (C=O) groups excluding carboxylic acids is 1. The highest BCUT2D eigenvalue weighted by molar-refractivity contribution is 6.42. The topological polar surface area (TPSA) is 99.9 Å². The molecule has 1 amide bonds. The van der Waals surface area contributed by atoms with Crippen molar-refractivity contribution in [3.8, 4) is 0 Å². The van der Waals surface area contributed by atoms with Crippen LogP contribution in [0.15, 0.2) is 35.0 Å². The molecule has 0 aliphatic carbocycles. The van der Waals surface area contributed by atoms with E-state index in [1.54, 1.807) is 4.90 Å². The van der Waals surface area contributed by atoms with Gasteiger partial charge in [0.2, 0.25) is 5.89 Å². The molecule has 2 saturated heterocycles. The second-order valence-electron chi connectivity index (χ2n) is 7.84. The zero-order valence-electron chi connectivity index (χ0n) is 15.9. The van der Waals surface area contributed by atoms with Gasteiger partial charge in [0.05, 0.1) is 27.7 Å². The second-order valence-corrected chi connectivity index (χ2v) is 8.65. The molecule has 2 N–H and O–H groups in total.